The van der Waals surface area contributed by atoms with Crippen LogP contribution in [0.3, 0.4) is 0 Å². The van der Waals surface area contributed by atoms with Crippen LogP contribution >= 0.6 is 11.6 Å². The number of aryl methyl sites for hydroxylation is 3. The second-order valence-electron chi connectivity index (χ2n) is 7.33. The van der Waals surface area contributed by atoms with Crippen molar-refractivity contribution in [3.8, 4) is 16.9 Å². The minimum atomic E-state index is -0.110. The van der Waals surface area contributed by atoms with Gasteiger partial charge in [0, 0.05) is 53.6 Å². The zero-order valence-corrected chi connectivity index (χ0v) is 17.2. The molecule has 1 atom stereocenters. The fourth-order valence-corrected chi connectivity index (χ4v) is 3.92. The topological polar surface area (TPSA) is 69.0 Å². The first-order valence-electron chi connectivity index (χ1n) is 9.67. The van der Waals surface area contributed by atoms with Crippen LogP contribution in [0.4, 0.5) is 0 Å². The van der Waals surface area contributed by atoms with Crippen LogP contribution in [-0.4, -0.2) is 33.3 Å². The first kappa shape index (κ1) is 19.5. The first-order chi connectivity index (χ1) is 14.0. The van der Waals surface area contributed by atoms with Crippen molar-refractivity contribution in [3.05, 3.63) is 64.7 Å². The van der Waals surface area contributed by atoms with E-state index in [2.05, 4.69) is 15.4 Å². The van der Waals surface area contributed by atoms with Crippen LogP contribution in [0.15, 0.2) is 42.7 Å². The van der Waals surface area contributed by atoms with E-state index in [1.165, 1.54) is 0 Å². The first-order valence-corrected chi connectivity index (χ1v) is 10.0. The summed E-state index contributed by atoms with van der Waals surface area (Å²) in [5, 5.41) is 8.05. The molecule has 1 amide bonds. The number of aromatic nitrogens is 3. The molecule has 150 valence electrons. The monoisotopic (exact) mass is 410 g/mol. The summed E-state index contributed by atoms with van der Waals surface area (Å²) in [5.41, 5.74) is 5.04. The number of nitrogens with one attached hydrogen (secondary N) is 1. The van der Waals surface area contributed by atoms with Gasteiger partial charge in [0.05, 0.1) is 12.2 Å². The molecule has 4 rings (SSSR count). The van der Waals surface area contributed by atoms with Crippen LogP contribution < -0.4 is 10.1 Å². The highest BCUT2D eigenvalue weighted by Crippen LogP contribution is 2.40. The van der Waals surface area contributed by atoms with E-state index in [0.717, 1.165) is 33.8 Å². The number of ether oxygens (including phenoxy) is 1. The van der Waals surface area contributed by atoms with Crippen LogP contribution in [0.25, 0.3) is 11.1 Å². The molecule has 0 saturated carbocycles. The Morgan fingerprint density at radius 3 is 2.79 bits per heavy atom. The average molecular weight is 411 g/mol. The Labute approximate surface area is 174 Å². The van der Waals surface area contributed by atoms with E-state index >= 15 is 0 Å². The number of carbonyl (C=O) groups excluding carboxylic acids is 1. The molecule has 0 spiro atoms. The summed E-state index contributed by atoms with van der Waals surface area (Å²) >= 11 is 6.32. The van der Waals surface area contributed by atoms with Crippen molar-refractivity contribution in [1.82, 2.24) is 20.1 Å². The van der Waals surface area contributed by atoms with Gasteiger partial charge in [0.2, 0.25) is 5.91 Å². The van der Waals surface area contributed by atoms with Crippen molar-refractivity contribution in [2.24, 2.45) is 0 Å². The minimum Gasteiger partial charge on any atom is -0.487 e. The summed E-state index contributed by atoms with van der Waals surface area (Å²) in [5.74, 6) is 0.826. The van der Waals surface area contributed by atoms with E-state index in [0.29, 0.717) is 31.0 Å². The number of fused-ring (bicyclic) bond motifs is 1. The van der Waals surface area contributed by atoms with E-state index in [4.69, 9.17) is 16.3 Å². The molecule has 3 heterocycles. The third kappa shape index (κ3) is 4.43. The van der Waals surface area contributed by atoms with Crippen molar-refractivity contribution >= 4 is 17.5 Å². The van der Waals surface area contributed by atoms with Crippen molar-refractivity contribution in [2.75, 3.05) is 6.54 Å². The maximum Gasteiger partial charge on any atom is 0.221 e. The highest BCUT2D eigenvalue weighted by Gasteiger charge is 2.27. The van der Waals surface area contributed by atoms with Crippen LogP contribution in [0.2, 0.25) is 5.02 Å². The van der Waals surface area contributed by atoms with Gasteiger partial charge in [-0.1, -0.05) is 11.6 Å². The summed E-state index contributed by atoms with van der Waals surface area (Å²) in [6.07, 6.45) is 4.49. The lowest BCUT2D eigenvalue weighted by Gasteiger charge is -2.14. The van der Waals surface area contributed by atoms with Crippen LogP contribution in [0.1, 0.15) is 23.4 Å². The maximum absolute atomic E-state index is 12.3. The molecule has 29 heavy (non-hydrogen) atoms. The predicted octanol–water partition coefficient (Wildman–Crippen LogP) is 3.73. The lowest BCUT2D eigenvalue weighted by molar-refractivity contribution is -0.121. The van der Waals surface area contributed by atoms with Crippen LogP contribution in [0.5, 0.6) is 5.75 Å². The minimum absolute atomic E-state index is 0.00972. The predicted molar refractivity (Wildman–Crippen MR) is 112 cm³/mol. The molecule has 0 aliphatic carbocycles. The van der Waals surface area contributed by atoms with Crippen molar-refractivity contribution in [3.63, 3.8) is 0 Å². The highest BCUT2D eigenvalue weighted by atomic mass is 35.5. The molecule has 2 aromatic heterocycles. The lowest BCUT2D eigenvalue weighted by Crippen LogP contribution is -2.34. The number of hydrogen-bond acceptors (Lipinski definition) is 4. The highest BCUT2D eigenvalue weighted by molar-refractivity contribution is 6.31. The molecular formula is C22H23ClN4O2. The molecule has 6 nitrogen and oxygen atoms in total. The van der Waals surface area contributed by atoms with Crippen molar-refractivity contribution in [1.29, 1.82) is 0 Å². The number of benzene rings is 1. The van der Waals surface area contributed by atoms with E-state index < -0.39 is 0 Å². The van der Waals surface area contributed by atoms with Gasteiger partial charge in [0.15, 0.2) is 0 Å². The number of carbonyl (C=O) groups is 1. The molecule has 0 bridgehead atoms. The Hall–Kier alpha value is -2.86. The summed E-state index contributed by atoms with van der Waals surface area (Å²) < 4.78 is 8.03. The summed E-state index contributed by atoms with van der Waals surface area (Å²) in [4.78, 5) is 16.3. The van der Waals surface area contributed by atoms with Gasteiger partial charge in [0.25, 0.3) is 0 Å². The number of rotatable bonds is 6. The molecule has 0 fully saturated rings. The Kier molecular flexibility index (Phi) is 5.53. The fraction of sp³-hybridized carbons (Fsp3) is 0.318. The number of pyridine rings is 1. The summed E-state index contributed by atoms with van der Waals surface area (Å²) in [6, 6.07) is 9.72. The normalized spacial score (nSPS) is 15.1. The number of halogens is 1. The molecule has 1 aromatic carbocycles. The Balaban J connectivity index is 1.36. The molecule has 7 heteroatoms. The van der Waals surface area contributed by atoms with Crippen LogP contribution in [0, 0.1) is 13.8 Å². The Morgan fingerprint density at radius 1 is 1.28 bits per heavy atom. The van der Waals surface area contributed by atoms with Gasteiger partial charge in [-0.3, -0.25) is 14.5 Å². The zero-order chi connectivity index (χ0) is 20.4. The van der Waals surface area contributed by atoms with E-state index in [9.17, 15) is 4.79 Å². The zero-order valence-electron chi connectivity index (χ0n) is 16.5. The van der Waals surface area contributed by atoms with Gasteiger partial charge in [0.1, 0.15) is 11.9 Å². The molecule has 0 radical (unpaired) electrons. The quantitative estimate of drug-likeness (QED) is 0.672. The average Bonchev–Trinajstić information content (AvgIpc) is 3.26. The molecule has 3 aromatic rings. The molecular weight excluding hydrogens is 388 g/mol. The number of amides is 1. The third-order valence-electron chi connectivity index (χ3n) is 5.03. The second kappa shape index (κ2) is 8.25. The molecule has 1 N–H and O–H groups in total. The molecule has 0 saturated heterocycles. The smallest absolute Gasteiger partial charge is 0.221 e. The largest absolute Gasteiger partial charge is 0.487 e. The molecule has 1 aliphatic heterocycles. The van der Waals surface area contributed by atoms with Crippen molar-refractivity contribution < 1.29 is 9.53 Å². The van der Waals surface area contributed by atoms with Gasteiger partial charge >= 0.3 is 0 Å². The van der Waals surface area contributed by atoms with E-state index in [1.54, 1.807) is 12.4 Å². The van der Waals surface area contributed by atoms with Gasteiger partial charge < -0.3 is 10.1 Å². The van der Waals surface area contributed by atoms with E-state index in [1.807, 2.05) is 48.9 Å². The Morgan fingerprint density at radius 2 is 2.07 bits per heavy atom. The Bertz CT molecular complexity index is 1030. The lowest BCUT2D eigenvalue weighted by atomic mass is 10.0. The van der Waals surface area contributed by atoms with Crippen molar-refractivity contribution in [2.45, 2.75) is 39.3 Å². The SMILES string of the molecule is Cc1cc(C)n(CCC(=O)NCC2Cc3cc(Cl)cc(-c4ccncc4)c3O2)n1. The standard InChI is InChI=1S/C22H23ClN4O2/c1-14-9-15(2)27(26-14)8-5-21(28)25-13-19-11-17-10-18(23)12-20(22(17)29-19)16-3-6-24-7-4-16/h3-4,6-7,9-10,12,19H,5,8,11,13H2,1-2H3,(H,25,28). The van der Waals surface area contributed by atoms with E-state index in [-0.39, 0.29) is 12.0 Å². The van der Waals surface area contributed by atoms with Gasteiger partial charge in [-0.15, -0.1) is 0 Å². The molecule has 1 aliphatic rings. The maximum atomic E-state index is 12.3. The van der Waals surface area contributed by atoms with Gasteiger partial charge in [-0.2, -0.15) is 5.10 Å². The van der Waals surface area contributed by atoms with Crippen LogP contribution in [-0.2, 0) is 17.8 Å². The fourth-order valence-electron chi connectivity index (χ4n) is 3.68. The van der Waals surface area contributed by atoms with Gasteiger partial charge in [-0.25, -0.2) is 0 Å². The summed E-state index contributed by atoms with van der Waals surface area (Å²) in [7, 11) is 0. The third-order valence-corrected chi connectivity index (χ3v) is 5.25. The molecule has 1 unspecified atom stereocenters. The number of nitrogens with zero attached hydrogens (tertiary/aromatic N) is 3. The number of hydrogen-bond donors (Lipinski definition) is 1. The summed E-state index contributed by atoms with van der Waals surface area (Å²) in [6.45, 7) is 4.97. The van der Waals surface area contributed by atoms with Gasteiger partial charge in [-0.05, 0) is 49.7 Å². The second-order valence-corrected chi connectivity index (χ2v) is 7.76.